The van der Waals surface area contributed by atoms with Gasteiger partial charge < -0.3 is 10.1 Å². The molecule has 1 saturated heterocycles. The lowest BCUT2D eigenvalue weighted by atomic mass is 9.99. The van der Waals surface area contributed by atoms with E-state index >= 15 is 0 Å². The summed E-state index contributed by atoms with van der Waals surface area (Å²) in [5, 5.41) is 3.26. The molecular weight excluding hydrogens is 212 g/mol. The van der Waals surface area contributed by atoms with Gasteiger partial charge in [0.2, 0.25) is 0 Å². The van der Waals surface area contributed by atoms with Gasteiger partial charge in [-0.1, -0.05) is 6.42 Å². The zero-order valence-corrected chi connectivity index (χ0v) is 12.1. The third-order valence-corrected chi connectivity index (χ3v) is 3.39. The van der Waals surface area contributed by atoms with E-state index in [2.05, 4.69) is 31.0 Å². The summed E-state index contributed by atoms with van der Waals surface area (Å²) >= 11 is 0. The van der Waals surface area contributed by atoms with Crippen molar-refractivity contribution in [3.05, 3.63) is 0 Å². The molecule has 0 aromatic rings. The average molecular weight is 242 g/mol. The molecule has 3 heteroatoms. The van der Waals surface area contributed by atoms with Gasteiger partial charge in [0.15, 0.2) is 0 Å². The van der Waals surface area contributed by atoms with E-state index in [4.69, 9.17) is 4.74 Å². The number of hydrogen-bond donors (Lipinski definition) is 1. The third-order valence-electron chi connectivity index (χ3n) is 3.39. The molecule has 0 bridgehead atoms. The Morgan fingerprint density at radius 3 is 2.71 bits per heavy atom. The minimum Gasteiger partial charge on any atom is -0.375 e. The van der Waals surface area contributed by atoms with Gasteiger partial charge in [-0.05, 0) is 60.2 Å². The molecular formula is C14H30N2O. The fraction of sp³-hybridized carbons (Fsp3) is 1.00. The zero-order chi connectivity index (χ0) is 12.7. The number of ether oxygens (including phenoxy) is 1. The molecule has 1 N–H and O–H groups in total. The first-order valence-electron chi connectivity index (χ1n) is 7.05. The molecule has 0 aromatic heterocycles. The molecule has 0 aliphatic carbocycles. The Kier molecular flexibility index (Phi) is 6.45. The molecule has 1 aliphatic rings. The maximum atomic E-state index is 5.83. The van der Waals surface area contributed by atoms with Crippen LogP contribution in [-0.2, 0) is 4.74 Å². The van der Waals surface area contributed by atoms with Gasteiger partial charge in [-0.15, -0.1) is 0 Å². The van der Waals surface area contributed by atoms with E-state index in [9.17, 15) is 0 Å². The monoisotopic (exact) mass is 242 g/mol. The van der Waals surface area contributed by atoms with E-state index in [1.165, 1.54) is 32.2 Å². The van der Waals surface area contributed by atoms with Gasteiger partial charge in [0.25, 0.3) is 0 Å². The Labute approximate surface area is 107 Å². The molecule has 1 heterocycles. The molecule has 0 radical (unpaired) electrons. The van der Waals surface area contributed by atoms with Crippen molar-refractivity contribution >= 4 is 0 Å². The molecule has 0 saturated carbocycles. The Balaban J connectivity index is 2.27. The quantitative estimate of drug-likeness (QED) is 0.773. The SMILES string of the molecule is CNCCC1CCCCN1CCOC(C)(C)C. The van der Waals surface area contributed by atoms with E-state index in [0.29, 0.717) is 0 Å². The van der Waals surface area contributed by atoms with Gasteiger partial charge >= 0.3 is 0 Å². The van der Waals surface area contributed by atoms with Crippen LogP contribution in [0.4, 0.5) is 0 Å². The Morgan fingerprint density at radius 1 is 1.29 bits per heavy atom. The second kappa shape index (κ2) is 7.34. The summed E-state index contributed by atoms with van der Waals surface area (Å²) in [4.78, 5) is 2.62. The van der Waals surface area contributed by atoms with Crippen molar-refractivity contribution in [1.29, 1.82) is 0 Å². The highest BCUT2D eigenvalue weighted by Crippen LogP contribution is 2.19. The highest BCUT2D eigenvalue weighted by atomic mass is 16.5. The maximum Gasteiger partial charge on any atom is 0.0600 e. The summed E-state index contributed by atoms with van der Waals surface area (Å²) in [7, 11) is 2.04. The van der Waals surface area contributed by atoms with E-state index in [1.54, 1.807) is 0 Å². The van der Waals surface area contributed by atoms with Crippen LogP contribution in [0.15, 0.2) is 0 Å². The van der Waals surface area contributed by atoms with Gasteiger partial charge in [-0.2, -0.15) is 0 Å². The number of nitrogens with zero attached hydrogens (tertiary/aromatic N) is 1. The number of piperidine rings is 1. The predicted molar refractivity (Wildman–Crippen MR) is 73.5 cm³/mol. The molecule has 1 aliphatic heterocycles. The van der Waals surface area contributed by atoms with Gasteiger partial charge in [0.1, 0.15) is 0 Å². The van der Waals surface area contributed by atoms with Crippen molar-refractivity contribution in [3.8, 4) is 0 Å². The van der Waals surface area contributed by atoms with Crippen LogP contribution in [0.5, 0.6) is 0 Å². The number of likely N-dealkylation sites (tertiary alicyclic amines) is 1. The van der Waals surface area contributed by atoms with Crippen LogP contribution >= 0.6 is 0 Å². The van der Waals surface area contributed by atoms with Crippen LogP contribution in [0.3, 0.4) is 0 Å². The molecule has 0 spiro atoms. The topological polar surface area (TPSA) is 24.5 Å². The lowest BCUT2D eigenvalue weighted by Crippen LogP contribution is -2.43. The zero-order valence-electron chi connectivity index (χ0n) is 12.1. The third kappa shape index (κ3) is 6.39. The minimum absolute atomic E-state index is 0.00371. The van der Waals surface area contributed by atoms with Gasteiger partial charge in [0.05, 0.1) is 12.2 Å². The average Bonchev–Trinajstić information content (AvgIpc) is 2.26. The van der Waals surface area contributed by atoms with Gasteiger partial charge in [0, 0.05) is 12.6 Å². The molecule has 1 fully saturated rings. The normalized spacial score (nSPS) is 22.9. The first kappa shape index (κ1) is 14.9. The molecule has 1 rings (SSSR count). The number of hydrogen-bond acceptors (Lipinski definition) is 3. The Hall–Kier alpha value is -0.120. The van der Waals surface area contributed by atoms with Crippen LogP contribution in [0.25, 0.3) is 0 Å². The van der Waals surface area contributed by atoms with Crippen LogP contribution in [0, 0.1) is 0 Å². The standard InChI is InChI=1S/C14H30N2O/c1-14(2,3)17-12-11-16-10-6-5-7-13(16)8-9-15-4/h13,15H,5-12H2,1-4H3. The number of nitrogens with one attached hydrogen (secondary N) is 1. The van der Waals surface area contributed by atoms with Crippen molar-refractivity contribution in [3.63, 3.8) is 0 Å². The second-order valence-corrected chi connectivity index (χ2v) is 6.04. The number of rotatable bonds is 6. The van der Waals surface area contributed by atoms with E-state index in [1.807, 2.05) is 7.05 Å². The van der Waals surface area contributed by atoms with Crippen molar-refractivity contribution in [2.24, 2.45) is 0 Å². The Bertz CT molecular complexity index is 201. The lowest BCUT2D eigenvalue weighted by Gasteiger charge is -2.36. The fourth-order valence-electron chi connectivity index (χ4n) is 2.46. The largest absolute Gasteiger partial charge is 0.375 e. The smallest absolute Gasteiger partial charge is 0.0600 e. The van der Waals surface area contributed by atoms with Gasteiger partial charge in [-0.3, -0.25) is 4.90 Å². The van der Waals surface area contributed by atoms with Crippen molar-refractivity contribution in [1.82, 2.24) is 10.2 Å². The molecule has 0 amide bonds. The highest BCUT2D eigenvalue weighted by Gasteiger charge is 2.22. The molecule has 1 atom stereocenters. The first-order valence-corrected chi connectivity index (χ1v) is 7.05. The molecule has 17 heavy (non-hydrogen) atoms. The summed E-state index contributed by atoms with van der Waals surface area (Å²) in [6, 6.07) is 0.764. The van der Waals surface area contributed by atoms with Crippen LogP contribution in [0.1, 0.15) is 46.5 Å². The van der Waals surface area contributed by atoms with Crippen molar-refractivity contribution in [2.45, 2.75) is 58.1 Å². The molecule has 0 aromatic carbocycles. The highest BCUT2D eigenvalue weighted by molar-refractivity contribution is 4.77. The lowest BCUT2D eigenvalue weighted by molar-refractivity contribution is -0.0215. The summed E-state index contributed by atoms with van der Waals surface area (Å²) in [6.07, 6.45) is 5.37. The fourth-order valence-corrected chi connectivity index (χ4v) is 2.46. The summed E-state index contributed by atoms with van der Waals surface area (Å²) in [5.74, 6) is 0. The van der Waals surface area contributed by atoms with Crippen molar-refractivity contribution < 1.29 is 4.74 Å². The van der Waals surface area contributed by atoms with Crippen molar-refractivity contribution in [2.75, 3.05) is 33.3 Å². The first-order chi connectivity index (χ1) is 8.03. The van der Waals surface area contributed by atoms with Crippen LogP contribution in [0.2, 0.25) is 0 Å². The van der Waals surface area contributed by atoms with E-state index < -0.39 is 0 Å². The minimum atomic E-state index is -0.00371. The van der Waals surface area contributed by atoms with Gasteiger partial charge in [-0.25, -0.2) is 0 Å². The van der Waals surface area contributed by atoms with Crippen LogP contribution < -0.4 is 5.32 Å². The Morgan fingerprint density at radius 2 is 2.06 bits per heavy atom. The van der Waals surface area contributed by atoms with E-state index in [-0.39, 0.29) is 5.60 Å². The predicted octanol–water partition coefficient (Wildman–Crippen LogP) is 2.27. The van der Waals surface area contributed by atoms with Crippen LogP contribution in [-0.4, -0.2) is 49.8 Å². The summed E-state index contributed by atoms with van der Waals surface area (Å²) in [5.41, 5.74) is -0.00371. The second-order valence-electron chi connectivity index (χ2n) is 6.04. The molecule has 1 unspecified atom stereocenters. The summed E-state index contributed by atoms with van der Waals surface area (Å²) < 4.78 is 5.83. The summed E-state index contributed by atoms with van der Waals surface area (Å²) in [6.45, 7) is 10.7. The van der Waals surface area contributed by atoms with E-state index in [0.717, 1.165) is 25.7 Å². The maximum absolute atomic E-state index is 5.83. The molecule has 3 nitrogen and oxygen atoms in total. The molecule has 102 valence electrons.